The van der Waals surface area contributed by atoms with E-state index in [1.807, 2.05) is 6.92 Å². The first-order chi connectivity index (χ1) is 7.22. The largest absolute Gasteiger partial charge is 0.298 e. The van der Waals surface area contributed by atoms with Gasteiger partial charge in [-0.2, -0.15) is 5.10 Å². The van der Waals surface area contributed by atoms with E-state index < -0.39 is 5.82 Å². The molecule has 0 saturated heterocycles. The quantitative estimate of drug-likeness (QED) is 0.702. The highest BCUT2D eigenvalue weighted by atomic mass is 19.1. The van der Waals surface area contributed by atoms with Gasteiger partial charge in [0.05, 0.1) is 6.20 Å². The van der Waals surface area contributed by atoms with E-state index in [0.29, 0.717) is 6.29 Å². The Morgan fingerprint density at radius 3 is 2.87 bits per heavy atom. The summed E-state index contributed by atoms with van der Waals surface area (Å²) < 4.78 is 14.9. The van der Waals surface area contributed by atoms with Crippen molar-refractivity contribution in [2.75, 3.05) is 0 Å². The molecule has 0 aliphatic rings. The number of carbonyl (C=O) groups is 1. The Bertz CT molecular complexity index is 505. The van der Waals surface area contributed by atoms with Gasteiger partial charge in [0.1, 0.15) is 11.5 Å². The van der Waals surface area contributed by atoms with Crippen molar-refractivity contribution in [1.82, 2.24) is 9.78 Å². The first-order valence-corrected chi connectivity index (χ1v) is 4.47. The number of para-hydroxylation sites is 1. The van der Waals surface area contributed by atoms with Crippen LogP contribution in [0.3, 0.4) is 0 Å². The third-order valence-corrected chi connectivity index (χ3v) is 2.09. The molecule has 0 amide bonds. The topological polar surface area (TPSA) is 34.9 Å². The molecule has 0 spiro atoms. The number of hydrogen-bond donors (Lipinski definition) is 0. The number of benzene rings is 1. The molecule has 2 aromatic rings. The summed E-state index contributed by atoms with van der Waals surface area (Å²) >= 11 is 0. The predicted molar refractivity (Wildman–Crippen MR) is 53.6 cm³/mol. The van der Waals surface area contributed by atoms with E-state index in [0.717, 1.165) is 5.56 Å². The molecule has 0 aliphatic carbocycles. The van der Waals surface area contributed by atoms with Gasteiger partial charge < -0.3 is 0 Å². The minimum atomic E-state index is -0.456. The van der Waals surface area contributed by atoms with E-state index in [9.17, 15) is 9.18 Å². The lowest BCUT2D eigenvalue weighted by atomic mass is 10.2. The Hall–Kier alpha value is -1.97. The maximum absolute atomic E-state index is 13.5. The Morgan fingerprint density at radius 1 is 1.47 bits per heavy atom. The van der Waals surface area contributed by atoms with Crippen molar-refractivity contribution in [3.63, 3.8) is 0 Å². The maximum atomic E-state index is 13.5. The first-order valence-electron chi connectivity index (χ1n) is 4.47. The van der Waals surface area contributed by atoms with Crippen LogP contribution in [0.25, 0.3) is 5.69 Å². The third-order valence-electron chi connectivity index (χ3n) is 2.09. The fourth-order valence-corrected chi connectivity index (χ4v) is 1.40. The minimum absolute atomic E-state index is 0.195. The van der Waals surface area contributed by atoms with Crippen molar-refractivity contribution in [1.29, 1.82) is 0 Å². The van der Waals surface area contributed by atoms with Gasteiger partial charge in [0, 0.05) is 11.8 Å². The van der Waals surface area contributed by atoms with Crippen molar-refractivity contribution >= 4 is 6.29 Å². The standard InChI is InChI=1S/C11H9FN2O/c1-8-5-13-14(6-8)11-9(7-15)3-2-4-10(11)12/h2-7H,1H3. The molecule has 0 aliphatic heterocycles. The lowest BCUT2D eigenvalue weighted by molar-refractivity contribution is 0.112. The average molecular weight is 204 g/mol. The van der Waals surface area contributed by atoms with Gasteiger partial charge in [-0.3, -0.25) is 4.79 Å². The zero-order valence-corrected chi connectivity index (χ0v) is 8.14. The van der Waals surface area contributed by atoms with Crippen molar-refractivity contribution in [3.8, 4) is 5.69 Å². The van der Waals surface area contributed by atoms with E-state index in [4.69, 9.17) is 0 Å². The smallest absolute Gasteiger partial charge is 0.152 e. The number of aldehydes is 1. The van der Waals surface area contributed by atoms with Crippen molar-refractivity contribution in [3.05, 3.63) is 47.5 Å². The summed E-state index contributed by atoms with van der Waals surface area (Å²) in [6.07, 6.45) is 3.90. The highest BCUT2D eigenvalue weighted by Gasteiger charge is 2.10. The van der Waals surface area contributed by atoms with Gasteiger partial charge in [-0.25, -0.2) is 9.07 Å². The fraction of sp³-hybridized carbons (Fsp3) is 0.0909. The molecule has 4 heteroatoms. The van der Waals surface area contributed by atoms with E-state index in [2.05, 4.69) is 5.10 Å². The molecule has 1 heterocycles. The van der Waals surface area contributed by atoms with Gasteiger partial charge >= 0.3 is 0 Å². The second-order valence-electron chi connectivity index (χ2n) is 3.26. The normalized spacial score (nSPS) is 10.3. The SMILES string of the molecule is Cc1cnn(-c2c(F)cccc2C=O)c1. The van der Waals surface area contributed by atoms with Gasteiger partial charge in [0.25, 0.3) is 0 Å². The van der Waals surface area contributed by atoms with Crippen LogP contribution in [0.5, 0.6) is 0 Å². The summed E-state index contributed by atoms with van der Waals surface area (Å²) in [5.74, 6) is -0.456. The number of carbonyl (C=O) groups excluding carboxylic acids is 1. The highest BCUT2D eigenvalue weighted by molar-refractivity contribution is 5.80. The molecular formula is C11H9FN2O. The molecule has 2 rings (SSSR count). The third kappa shape index (κ3) is 1.66. The lowest BCUT2D eigenvalue weighted by Gasteiger charge is -2.05. The zero-order chi connectivity index (χ0) is 10.8. The molecule has 0 bridgehead atoms. The Morgan fingerprint density at radius 2 is 2.27 bits per heavy atom. The first kappa shape index (κ1) is 9.58. The number of halogens is 1. The predicted octanol–water partition coefficient (Wildman–Crippen LogP) is 2.13. The van der Waals surface area contributed by atoms with Crippen LogP contribution in [-0.2, 0) is 0 Å². The second kappa shape index (κ2) is 3.65. The molecule has 0 fully saturated rings. The van der Waals surface area contributed by atoms with Gasteiger partial charge in [-0.15, -0.1) is 0 Å². The highest BCUT2D eigenvalue weighted by Crippen LogP contribution is 2.16. The molecule has 1 aromatic carbocycles. The molecule has 0 atom stereocenters. The van der Waals surface area contributed by atoms with Crippen molar-refractivity contribution < 1.29 is 9.18 Å². The van der Waals surface area contributed by atoms with E-state index in [1.54, 1.807) is 18.5 Å². The van der Waals surface area contributed by atoms with Crippen molar-refractivity contribution in [2.24, 2.45) is 0 Å². The number of nitrogens with zero attached hydrogens (tertiary/aromatic N) is 2. The Balaban J connectivity index is 2.65. The van der Waals surface area contributed by atoms with Crippen LogP contribution in [0.4, 0.5) is 4.39 Å². The van der Waals surface area contributed by atoms with Gasteiger partial charge in [-0.05, 0) is 24.6 Å². The van der Waals surface area contributed by atoms with Crippen LogP contribution in [0, 0.1) is 12.7 Å². The molecular weight excluding hydrogens is 195 g/mol. The lowest BCUT2D eigenvalue weighted by Crippen LogP contribution is -2.02. The Kier molecular flexibility index (Phi) is 2.33. The van der Waals surface area contributed by atoms with E-state index in [1.165, 1.54) is 16.8 Å². The molecule has 76 valence electrons. The van der Waals surface area contributed by atoms with Gasteiger partial charge in [0.2, 0.25) is 0 Å². The van der Waals surface area contributed by atoms with Crippen LogP contribution in [-0.4, -0.2) is 16.1 Å². The summed E-state index contributed by atoms with van der Waals surface area (Å²) in [4.78, 5) is 10.8. The Labute approximate surface area is 86.2 Å². The number of aromatic nitrogens is 2. The van der Waals surface area contributed by atoms with E-state index in [-0.39, 0.29) is 11.3 Å². The van der Waals surface area contributed by atoms with Gasteiger partial charge in [-0.1, -0.05) is 6.07 Å². The fourth-order valence-electron chi connectivity index (χ4n) is 1.40. The molecule has 3 nitrogen and oxygen atoms in total. The number of hydrogen-bond acceptors (Lipinski definition) is 2. The van der Waals surface area contributed by atoms with Crippen LogP contribution < -0.4 is 0 Å². The molecule has 15 heavy (non-hydrogen) atoms. The summed E-state index contributed by atoms with van der Waals surface area (Å²) in [5.41, 5.74) is 1.40. The molecule has 0 saturated carbocycles. The van der Waals surface area contributed by atoms with Crippen LogP contribution in [0.15, 0.2) is 30.6 Å². The minimum Gasteiger partial charge on any atom is -0.298 e. The monoisotopic (exact) mass is 204 g/mol. The molecule has 0 unspecified atom stereocenters. The van der Waals surface area contributed by atoms with Gasteiger partial charge in [0.15, 0.2) is 6.29 Å². The van der Waals surface area contributed by atoms with Crippen molar-refractivity contribution in [2.45, 2.75) is 6.92 Å². The number of aryl methyl sites for hydroxylation is 1. The summed E-state index contributed by atoms with van der Waals surface area (Å²) in [6, 6.07) is 4.36. The van der Waals surface area contributed by atoms with Crippen LogP contribution in [0.1, 0.15) is 15.9 Å². The average Bonchev–Trinajstić information content (AvgIpc) is 2.64. The molecule has 1 aromatic heterocycles. The molecule has 0 radical (unpaired) electrons. The van der Waals surface area contributed by atoms with Crippen LogP contribution >= 0.6 is 0 Å². The summed E-state index contributed by atoms with van der Waals surface area (Å²) in [7, 11) is 0. The van der Waals surface area contributed by atoms with E-state index >= 15 is 0 Å². The summed E-state index contributed by atoms with van der Waals surface area (Å²) in [5, 5.41) is 3.97. The number of rotatable bonds is 2. The van der Waals surface area contributed by atoms with Crippen LogP contribution in [0.2, 0.25) is 0 Å². The summed E-state index contributed by atoms with van der Waals surface area (Å²) in [6.45, 7) is 1.85. The second-order valence-corrected chi connectivity index (χ2v) is 3.26. The maximum Gasteiger partial charge on any atom is 0.152 e. The zero-order valence-electron chi connectivity index (χ0n) is 8.14. The molecule has 0 N–H and O–H groups in total.